The molecule has 0 radical (unpaired) electrons. The number of fused-ring (bicyclic) bond motifs is 1. The van der Waals surface area contributed by atoms with Gasteiger partial charge in [0.2, 0.25) is 0 Å². The molecule has 108 valence electrons. The van der Waals surface area contributed by atoms with Gasteiger partial charge in [-0.1, -0.05) is 19.3 Å². The standard InChI is InChI=1S/C16H18N4O/c17-9-12-14(19-10-11-5-2-1-3-6-11)15-13(20-16(12)21)7-4-8-18-15/h4,7-8,11H,1-3,5-6,10H2,(H2,19,20,21). The molecule has 21 heavy (non-hydrogen) atoms. The van der Waals surface area contributed by atoms with Crippen molar-refractivity contribution in [2.75, 3.05) is 11.9 Å². The molecule has 0 aromatic carbocycles. The largest absolute Gasteiger partial charge is 0.382 e. The van der Waals surface area contributed by atoms with E-state index in [1.807, 2.05) is 6.07 Å². The van der Waals surface area contributed by atoms with Crippen LogP contribution < -0.4 is 10.9 Å². The Hall–Kier alpha value is -2.35. The van der Waals surface area contributed by atoms with Gasteiger partial charge in [-0.2, -0.15) is 5.26 Å². The van der Waals surface area contributed by atoms with Crippen LogP contribution in [0.25, 0.3) is 11.0 Å². The molecule has 2 heterocycles. The SMILES string of the molecule is N#Cc1c(NCC2CCCCC2)c2ncccc2[nH]c1=O. The Balaban J connectivity index is 1.95. The molecule has 2 aromatic heterocycles. The third kappa shape index (κ3) is 2.75. The fourth-order valence-corrected chi connectivity index (χ4v) is 3.04. The summed E-state index contributed by atoms with van der Waals surface area (Å²) in [6.45, 7) is 0.795. The predicted octanol–water partition coefficient (Wildman–Crippen LogP) is 2.79. The highest BCUT2D eigenvalue weighted by atomic mass is 16.1. The maximum Gasteiger partial charge on any atom is 0.268 e. The highest BCUT2D eigenvalue weighted by Crippen LogP contribution is 2.26. The molecule has 0 amide bonds. The van der Waals surface area contributed by atoms with Crippen LogP contribution in [-0.2, 0) is 0 Å². The molecule has 1 fully saturated rings. The van der Waals surface area contributed by atoms with Gasteiger partial charge in [0.05, 0.1) is 11.2 Å². The molecule has 0 atom stereocenters. The molecular formula is C16H18N4O. The van der Waals surface area contributed by atoms with Gasteiger partial charge >= 0.3 is 0 Å². The smallest absolute Gasteiger partial charge is 0.268 e. The molecule has 5 nitrogen and oxygen atoms in total. The van der Waals surface area contributed by atoms with Gasteiger partial charge in [-0.25, -0.2) is 0 Å². The minimum absolute atomic E-state index is 0.122. The van der Waals surface area contributed by atoms with E-state index in [9.17, 15) is 10.1 Å². The lowest BCUT2D eigenvalue weighted by molar-refractivity contribution is 0.373. The van der Waals surface area contributed by atoms with Gasteiger partial charge in [0, 0.05) is 12.7 Å². The molecule has 0 bridgehead atoms. The van der Waals surface area contributed by atoms with Gasteiger partial charge in [0.25, 0.3) is 5.56 Å². The number of nitrogens with one attached hydrogen (secondary N) is 2. The molecule has 2 N–H and O–H groups in total. The normalized spacial score (nSPS) is 15.8. The average Bonchev–Trinajstić information content (AvgIpc) is 2.53. The number of aromatic amines is 1. The van der Waals surface area contributed by atoms with Crippen LogP contribution in [0, 0.1) is 17.2 Å². The monoisotopic (exact) mass is 282 g/mol. The third-order valence-corrected chi connectivity index (χ3v) is 4.17. The Morgan fingerprint density at radius 3 is 2.95 bits per heavy atom. The first-order valence-electron chi connectivity index (χ1n) is 7.44. The number of pyridine rings is 2. The Kier molecular flexibility index (Phi) is 3.87. The van der Waals surface area contributed by atoms with Crippen molar-refractivity contribution in [1.29, 1.82) is 5.26 Å². The third-order valence-electron chi connectivity index (χ3n) is 4.17. The first-order chi connectivity index (χ1) is 10.3. The summed E-state index contributed by atoms with van der Waals surface area (Å²) in [5.41, 5.74) is 1.65. The summed E-state index contributed by atoms with van der Waals surface area (Å²) in [7, 11) is 0. The Morgan fingerprint density at radius 2 is 2.19 bits per heavy atom. The van der Waals surface area contributed by atoms with Crippen LogP contribution in [0.1, 0.15) is 37.7 Å². The van der Waals surface area contributed by atoms with Gasteiger partial charge in [0.15, 0.2) is 0 Å². The summed E-state index contributed by atoms with van der Waals surface area (Å²) in [5, 5.41) is 12.6. The molecule has 1 saturated carbocycles. The van der Waals surface area contributed by atoms with Crippen LogP contribution in [-0.4, -0.2) is 16.5 Å². The number of nitriles is 1. The average molecular weight is 282 g/mol. The van der Waals surface area contributed by atoms with E-state index >= 15 is 0 Å². The zero-order valence-electron chi connectivity index (χ0n) is 11.9. The minimum Gasteiger partial charge on any atom is -0.382 e. The van der Waals surface area contributed by atoms with Gasteiger partial charge in [-0.3, -0.25) is 9.78 Å². The van der Waals surface area contributed by atoms with Crippen molar-refractivity contribution in [3.63, 3.8) is 0 Å². The number of hydrogen-bond acceptors (Lipinski definition) is 4. The zero-order valence-corrected chi connectivity index (χ0v) is 11.9. The Morgan fingerprint density at radius 1 is 1.38 bits per heavy atom. The summed E-state index contributed by atoms with van der Waals surface area (Å²) in [5.74, 6) is 0.614. The van der Waals surface area contributed by atoms with Crippen molar-refractivity contribution in [3.05, 3.63) is 34.2 Å². The predicted molar refractivity (Wildman–Crippen MR) is 82.1 cm³/mol. The van der Waals surface area contributed by atoms with E-state index in [2.05, 4.69) is 15.3 Å². The fourth-order valence-electron chi connectivity index (χ4n) is 3.04. The van der Waals surface area contributed by atoms with Gasteiger partial charge in [0.1, 0.15) is 17.1 Å². The van der Waals surface area contributed by atoms with Crippen LogP contribution in [0.5, 0.6) is 0 Å². The maximum atomic E-state index is 12.0. The maximum absolute atomic E-state index is 12.0. The van der Waals surface area contributed by atoms with E-state index in [4.69, 9.17) is 0 Å². The van der Waals surface area contributed by atoms with Gasteiger partial charge < -0.3 is 10.3 Å². The molecule has 5 heteroatoms. The van der Waals surface area contributed by atoms with Crippen molar-refractivity contribution < 1.29 is 0 Å². The second-order valence-corrected chi connectivity index (χ2v) is 5.60. The first kappa shape index (κ1) is 13.6. The molecule has 0 unspecified atom stereocenters. The van der Waals surface area contributed by atoms with Gasteiger partial charge in [-0.15, -0.1) is 0 Å². The van der Waals surface area contributed by atoms with Crippen LogP contribution in [0.15, 0.2) is 23.1 Å². The van der Waals surface area contributed by atoms with Crippen molar-refractivity contribution in [3.8, 4) is 6.07 Å². The van der Waals surface area contributed by atoms with Crippen LogP contribution in [0.3, 0.4) is 0 Å². The van der Waals surface area contributed by atoms with E-state index in [0.717, 1.165) is 6.54 Å². The van der Waals surface area contributed by atoms with Crippen LogP contribution >= 0.6 is 0 Å². The van der Waals surface area contributed by atoms with E-state index in [-0.39, 0.29) is 11.1 Å². The topological polar surface area (TPSA) is 81.6 Å². The number of anilines is 1. The highest BCUT2D eigenvalue weighted by Gasteiger charge is 2.17. The minimum atomic E-state index is -0.357. The number of H-pyrrole nitrogens is 1. The first-order valence-corrected chi connectivity index (χ1v) is 7.44. The lowest BCUT2D eigenvalue weighted by atomic mass is 9.89. The Labute approximate surface area is 123 Å². The quantitative estimate of drug-likeness (QED) is 0.907. The molecule has 0 aliphatic heterocycles. The second-order valence-electron chi connectivity index (χ2n) is 5.60. The number of rotatable bonds is 3. The number of aromatic nitrogens is 2. The summed E-state index contributed by atoms with van der Waals surface area (Å²) < 4.78 is 0. The van der Waals surface area contributed by atoms with Crippen LogP contribution in [0.2, 0.25) is 0 Å². The molecule has 3 rings (SSSR count). The van der Waals surface area contributed by atoms with E-state index < -0.39 is 0 Å². The second kappa shape index (κ2) is 5.96. The van der Waals surface area contributed by atoms with Crippen molar-refractivity contribution in [2.45, 2.75) is 32.1 Å². The molecule has 2 aromatic rings. The van der Waals surface area contributed by atoms with Crippen molar-refractivity contribution in [1.82, 2.24) is 9.97 Å². The summed E-state index contributed by atoms with van der Waals surface area (Å²) in [4.78, 5) is 19.0. The summed E-state index contributed by atoms with van der Waals surface area (Å²) in [6.07, 6.45) is 7.95. The van der Waals surface area contributed by atoms with E-state index in [1.165, 1.54) is 32.1 Å². The molecule has 1 aliphatic carbocycles. The lowest BCUT2D eigenvalue weighted by Gasteiger charge is -2.22. The van der Waals surface area contributed by atoms with Crippen LogP contribution in [0.4, 0.5) is 5.69 Å². The molecule has 1 aliphatic rings. The fraction of sp³-hybridized carbons (Fsp3) is 0.438. The summed E-state index contributed by atoms with van der Waals surface area (Å²) >= 11 is 0. The van der Waals surface area contributed by atoms with Crippen molar-refractivity contribution >= 4 is 16.7 Å². The molecule has 0 spiro atoms. The van der Waals surface area contributed by atoms with E-state index in [0.29, 0.717) is 22.6 Å². The van der Waals surface area contributed by atoms with E-state index in [1.54, 1.807) is 18.3 Å². The Bertz CT molecular complexity index is 738. The zero-order chi connectivity index (χ0) is 14.7. The summed E-state index contributed by atoms with van der Waals surface area (Å²) in [6, 6.07) is 5.57. The van der Waals surface area contributed by atoms with Crippen molar-refractivity contribution in [2.24, 2.45) is 5.92 Å². The number of nitrogens with zero attached hydrogens (tertiary/aromatic N) is 2. The lowest BCUT2D eigenvalue weighted by Crippen LogP contribution is -2.21. The van der Waals surface area contributed by atoms with Gasteiger partial charge in [-0.05, 0) is 30.9 Å². The molecule has 0 saturated heterocycles. The number of hydrogen-bond donors (Lipinski definition) is 2. The molecular weight excluding hydrogens is 264 g/mol. The highest BCUT2D eigenvalue weighted by molar-refractivity contribution is 5.90.